The van der Waals surface area contributed by atoms with E-state index in [1.165, 1.54) is 18.2 Å². The van der Waals surface area contributed by atoms with Gasteiger partial charge in [-0.25, -0.2) is 4.39 Å². The molecule has 0 aliphatic heterocycles. The van der Waals surface area contributed by atoms with E-state index in [-0.39, 0.29) is 22.9 Å². The van der Waals surface area contributed by atoms with Gasteiger partial charge in [-0.05, 0) is 29.8 Å². The van der Waals surface area contributed by atoms with Crippen LogP contribution >= 0.6 is 11.6 Å². The van der Waals surface area contributed by atoms with E-state index in [0.29, 0.717) is 11.8 Å². The molecule has 0 fully saturated rings. The fourth-order valence-corrected chi connectivity index (χ4v) is 1.90. The van der Waals surface area contributed by atoms with Crippen LogP contribution in [0.4, 0.5) is 17.6 Å². The minimum Gasteiger partial charge on any atom is -0.489 e. The molecular weight excluding hydrogens is 340 g/mol. The molecule has 0 heterocycles. The number of rotatable bonds is 5. The second kappa shape index (κ2) is 6.87. The summed E-state index contributed by atoms with van der Waals surface area (Å²) in [7, 11) is 0. The van der Waals surface area contributed by atoms with Gasteiger partial charge in [0.25, 0.3) is 0 Å². The highest BCUT2D eigenvalue weighted by molar-refractivity contribution is 6.32. The van der Waals surface area contributed by atoms with E-state index in [2.05, 4.69) is 4.74 Å². The quantitative estimate of drug-likeness (QED) is 0.577. The maximum absolute atomic E-state index is 13.2. The fraction of sp³-hybridized carbons (Fsp3) is 0.133. The van der Waals surface area contributed by atoms with Crippen molar-refractivity contribution in [2.75, 3.05) is 0 Å². The lowest BCUT2D eigenvalue weighted by atomic mass is 10.2. The maximum atomic E-state index is 13.2. The number of ether oxygens (including phenoxy) is 2. The molecule has 0 aliphatic rings. The first-order valence-corrected chi connectivity index (χ1v) is 6.57. The smallest absolute Gasteiger partial charge is 0.489 e. The van der Waals surface area contributed by atoms with Gasteiger partial charge in [-0.15, -0.1) is 13.2 Å². The van der Waals surface area contributed by atoms with Crippen molar-refractivity contribution in [2.24, 2.45) is 0 Å². The monoisotopic (exact) mass is 348 g/mol. The number of benzene rings is 2. The highest BCUT2D eigenvalue weighted by Crippen LogP contribution is 2.31. The van der Waals surface area contributed by atoms with Gasteiger partial charge in [0.2, 0.25) is 0 Å². The van der Waals surface area contributed by atoms with Gasteiger partial charge >= 0.3 is 6.36 Å². The van der Waals surface area contributed by atoms with Crippen molar-refractivity contribution < 1.29 is 31.8 Å². The lowest BCUT2D eigenvalue weighted by molar-refractivity contribution is -0.274. The summed E-state index contributed by atoms with van der Waals surface area (Å²) in [6.45, 7) is -0.160. The molecule has 0 saturated heterocycles. The molecule has 0 atom stereocenters. The topological polar surface area (TPSA) is 35.5 Å². The largest absolute Gasteiger partial charge is 0.573 e. The highest BCUT2D eigenvalue weighted by Gasteiger charge is 2.32. The Bertz CT molecular complexity index is 716. The lowest BCUT2D eigenvalue weighted by Crippen LogP contribution is -2.17. The molecule has 0 amide bonds. The predicted octanol–water partition coefficient (Wildman–Crippen LogP) is 4.77. The first-order chi connectivity index (χ1) is 10.8. The van der Waals surface area contributed by atoms with Crippen LogP contribution in [0.15, 0.2) is 36.4 Å². The van der Waals surface area contributed by atoms with E-state index < -0.39 is 17.9 Å². The van der Waals surface area contributed by atoms with Crippen molar-refractivity contribution >= 4 is 17.9 Å². The van der Waals surface area contributed by atoms with Crippen LogP contribution in [0.5, 0.6) is 11.5 Å². The van der Waals surface area contributed by atoms with Gasteiger partial charge in [-0.2, -0.15) is 0 Å². The molecule has 2 rings (SSSR count). The number of hydrogen-bond acceptors (Lipinski definition) is 3. The SMILES string of the molecule is O=Cc1cc(F)cc(OCc2ccc(Cl)c(OC(F)(F)F)c2)c1. The average molecular weight is 349 g/mol. The molecule has 0 bridgehead atoms. The molecule has 8 heteroatoms. The molecule has 0 saturated carbocycles. The number of halogens is 5. The van der Waals surface area contributed by atoms with Crippen LogP contribution < -0.4 is 9.47 Å². The van der Waals surface area contributed by atoms with E-state index in [4.69, 9.17) is 16.3 Å². The van der Waals surface area contributed by atoms with E-state index in [9.17, 15) is 22.4 Å². The zero-order valence-corrected chi connectivity index (χ0v) is 12.1. The van der Waals surface area contributed by atoms with E-state index in [1.807, 2.05) is 0 Å². The molecule has 0 unspecified atom stereocenters. The van der Waals surface area contributed by atoms with Gasteiger partial charge < -0.3 is 9.47 Å². The molecule has 122 valence electrons. The summed E-state index contributed by atoms with van der Waals surface area (Å²) in [5.41, 5.74) is 0.405. The third-order valence-electron chi connectivity index (χ3n) is 2.66. The normalized spacial score (nSPS) is 11.2. The molecule has 0 radical (unpaired) electrons. The van der Waals surface area contributed by atoms with Gasteiger partial charge in [0.1, 0.15) is 30.2 Å². The number of carbonyl (C=O) groups is 1. The Balaban J connectivity index is 2.13. The van der Waals surface area contributed by atoms with Crippen molar-refractivity contribution in [1.29, 1.82) is 0 Å². The molecule has 0 aliphatic carbocycles. The van der Waals surface area contributed by atoms with Gasteiger partial charge in [0.05, 0.1) is 5.02 Å². The average Bonchev–Trinajstić information content (AvgIpc) is 2.46. The molecule has 0 spiro atoms. The maximum Gasteiger partial charge on any atom is 0.573 e. The Morgan fingerprint density at radius 3 is 2.52 bits per heavy atom. The Kier molecular flexibility index (Phi) is 5.10. The van der Waals surface area contributed by atoms with Crippen LogP contribution in [0.2, 0.25) is 5.02 Å². The molecule has 2 aromatic carbocycles. The van der Waals surface area contributed by atoms with Crippen molar-refractivity contribution in [2.45, 2.75) is 13.0 Å². The first kappa shape index (κ1) is 17.1. The Morgan fingerprint density at radius 2 is 1.87 bits per heavy atom. The molecule has 3 nitrogen and oxygen atoms in total. The third kappa shape index (κ3) is 5.14. The van der Waals surface area contributed by atoms with E-state index in [1.54, 1.807) is 0 Å². The van der Waals surface area contributed by atoms with Crippen LogP contribution in [-0.4, -0.2) is 12.6 Å². The van der Waals surface area contributed by atoms with Crippen LogP contribution in [0.25, 0.3) is 0 Å². The summed E-state index contributed by atoms with van der Waals surface area (Å²) in [5.74, 6) is -1.16. The van der Waals surface area contributed by atoms with Crippen molar-refractivity contribution in [3.05, 3.63) is 58.4 Å². The van der Waals surface area contributed by atoms with Gasteiger partial charge in [-0.1, -0.05) is 17.7 Å². The number of carbonyl (C=O) groups excluding carboxylic acids is 1. The number of hydrogen-bond donors (Lipinski definition) is 0. The van der Waals surface area contributed by atoms with Crippen LogP contribution in [0.1, 0.15) is 15.9 Å². The second-order valence-corrected chi connectivity index (χ2v) is 4.85. The van der Waals surface area contributed by atoms with E-state index >= 15 is 0 Å². The summed E-state index contributed by atoms with van der Waals surface area (Å²) in [5, 5.41) is -0.208. The standard InChI is InChI=1S/C15H9ClF4O3/c16-13-2-1-9(5-14(13)23-15(18,19)20)8-22-12-4-10(7-21)3-11(17)6-12/h1-7H,8H2. The number of alkyl halides is 3. The molecular formula is C15H9ClF4O3. The highest BCUT2D eigenvalue weighted by atomic mass is 35.5. The zero-order valence-electron chi connectivity index (χ0n) is 11.4. The Hall–Kier alpha value is -2.28. The van der Waals surface area contributed by atoms with Crippen LogP contribution in [0.3, 0.4) is 0 Å². The lowest BCUT2D eigenvalue weighted by Gasteiger charge is -2.12. The third-order valence-corrected chi connectivity index (χ3v) is 2.97. The summed E-state index contributed by atoms with van der Waals surface area (Å²) >= 11 is 5.63. The second-order valence-electron chi connectivity index (χ2n) is 4.44. The zero-order chi connectivity index (χ0) is 17.0. The summed E-state index contributed by atoms with van der Waals surface area (Å²) < 4.78 is 59.0. The van der Waals surface area contributed by atoms with Crippen molar-refractivity contribution in [3.63, 3.8) is 0 Å². The van der Waals surface area contributed by atoms with Crippen LogP contribution in [0, 0.1) is 5.82 Å². The molecule has 0 aromatic heterocycles. The Labute approximate surface area is 133 Å². The van der Waals surface area contributed by atoms with Crippen molar-refractivity contribution in [1.82, 2.24) is 0 Å². The molecule has 2 aromatic rings. The van der Waals surface area contributed by atoms with Crippen molar-refractivity contribution in [3.8, 4) is 11.5 Å². The minimum atomic E-state index is -4.87. The van der Waals surface area contributed by atoms with E-state index in [0.717, 1.165) is 18.2 Å². The molecule has 23 heavy (non-hydrogen) atoms. The predicted molar refractivity (Wildman–Crippen MR) is 74.3 cm³/mol. The summed E-state index contributed by atoms with van der Waals surface area (Å²) in [4.78, 5) is 10.6. The fourth-order valence-electron chi connectivity index (χ4n) is 1.74. The number of aldehydes is 1. The summed E-state index contributed by atoms with van der Waals surface area (Å²) in [6, 6.07) is 7.11. The first-order valence-electron chi connectivity index (χ1n) is 6.19. The Morgan fingerprint density at radius 1 is 1.13 bits per heavy atom. The van der Waals surface area contributed by atoms with Crippen LogP contribution in [-0.2, 0) is 6.61 Å². The summed E-state index contributed by atoms with van der Waals surface area (Å²) in [6.07, 6.45) is -4.42. The minimum absolute atomic E-state index is 0.0698. The van der Waals surface area contributed by atoms with Gasteiger partial charge in [0.15, 0.2) is 0 Å². The molecule has 0 N–H and O–H groups in total. The van der Waals surface area contributed by atoms with Gasteiger partial charge in [0, 0.05) is 11.6 Å². The van der Waals surface area contributed by atoms with Gasteiger partial charge in [-0.3, -0.25) is 4.79 Å².